The van der Waals surface area contributed by atoms with E-state index in [2.05, 4.69) is 16.0 Å². The summed E-state index contributed by atoms with van der Waals surface area (Å²) in [5, 5.41) is 8.59. The lowest BCUT2D eigenvalue weighted by molar-refractivity contribution is 0.0939. The number of urea groups is 1. The zero-order valence-electron chi connectivity index (χ0n) is 15.2. The van der Waals surface area contributed by atoms with Crippen LogP contribution in [-0.2, 0) is 4.74 Å². The number of hydrogen-bond acceptors (Lipinski definition) is 3. The fraction of sp³-hybridized carbons (Fsp3) is 0.556. The van der Waals surface area contributed by atoms with Crippen LogP contribution in [0.5, 0.6) is 0 Å². The lowest BCUT2D eigenvalue weighted by Crippen LogP contribution is -2.36. The topological polar surface area (TPSA) is 79.5 Å². The van der Waals surface area contributed by atoms with Crippen LogP contribution >= 0.6 is 0 Å². The molecule has 0 aliphatic rings. The highest BCUT2D eigenvalue weighted by atomic mass is 16.5. The fourth-order valence-electron chi connectivity index (χ4n) is 2.10. The molecule has 6 heteroatoms. The summed E-state index contributed by atoms with van der Waals surface area (Å²) >= 11 is 0. The highest BCUT2D eigenvalue weighted by molar-refractivity contribution is 5.96. The zero-order chi connectivity index (χ0) is 18.1. The van der Waals surface area contributed by atoms with Crippen molar-refractivity contribution in [2.45, 2.75) is 52.6 Å². The average Bonchev–Trinajstić information content (AvgIpc) is 2.54. The van der Waals surface area contributed by atoms with Gasteiger partial charge in [-0.3, -0.25) is 4.79 Å². The Morgan fingerprint density at radius 1 is 1.17 bits per heavy atom. The first-order chi connectivity index (χ1) is 11.4. The monoisotopic (exact) mass is 335 g/mol. The molecule has 3 N–H and O–H groups in total. The number of benzene rings is 1. The van der Waals surface area contributed by atoms with E-state index in [1.807, 2.05) is 27.7 Å². The highest BCUT2D eigenvalue weighted by Gasteiger charge is 2.12. The Labute approximate surface area is 144 Å². The minimum atomic E-state index is -0.265. The Balaban J connectivity index is 2.64. The van der Waals surface area contributed by atoms with Crippen molar-refractivity contribution in [3.63, 3.8) is 0 Å². The van der Waals surface area contributed by atoms with Gasteiger partial charge in [-0.2, -0.15) is 0 Å². The summed E-state index contributed by atoms with van der Waals surface area (Å²) in [7, 11) is 1.63. The Bertz CT molecular complexity index is 560. The van der Waals surface area contributed by atoms with E-state index in [0.717, 1.165) is 18.4 Å². The summed E-state index contributed by atoms with van der Waals surface area (Å²) < 4.78 is 4.99. The fourth-order valence-corrected chi connectivity index (χ4v) is 2.10. The third-order valence-electron chi connectivity index (χ3n) is 3.86. The van der Waals surface area contributed by atoms with Crippen molar-refractivity contribution >= 4 is 17.6 Å². The molecule has 0 heterocycles. The number of carbonyl (C=O) groups is 2. The highest BCUT2D eigenvalue weighted by Crippen LogP contribution is 2.17. The second-order valence-electron chi connectivity index (χ2n) is 6.09. The van der Waals surface area contributed by atoms with Crippen LogP contribution in [0.1, 0.15) is 49.5 Å². The van der Waals surface area contributed by atoms with E-state index >= 15 is 0 Å². The number of aryl methyl sites for hydroxylation is 1. The zero-order valence-corrected chi connectivity index (χ0v) is 15.2. The van der Waals surface area contributed by atoms with E-state index in [1.165, 1.54) is 0 Å². The van der Waals surface area contributed by atoms with Gasteiger partial charge in [0.15, 0.2) is 0 Å². The molecule has 2 atom stereocenters. The smallest absolute Gasteiger partial charge is 0.319 e. The SMILES string of the molecule is CC[C@H](C)NC(=O)c1ccc(NC(=O)N[C@H](C)CCOC)c(C)c1. The van der Waals surface area contributed by atoms with Crippen LogP contribution in [0.15, 0.2) is 18.2 Å². The molecule has 0 fully saturated rings. The molecule has 24 heavy (non-hydrogen) atoms. The van der Waals surface area contributed by atoms with Crippen molar-refractivity contribution in [1.82, 2.24) is 10.6 Å². The van der Waals surface area contributed by atoms with Gasteiger partial charge >= 0.3 is 6.03 Å². The molecule has 0 spiro atoms. The van der Waals surface area contributed by atoms with Gasteiger partial charge in [0.25, 0.3) is 5.91 Å². The lowest BCUT2D eigenvalue weighted by atomic mass is 10.1. The Morgan fingerprint density at radius 2 is 1.88 bits per heavy atom. The maximum Gasteiger partial charge on any atom is 0.319 e. The van der Waals surface area contributed by atoms with Crippen molar-refractivity contribution < 1.29 is 14.3 Å². The van der Waals surface area contributed by atoms with E-state index in [1.54, 1.807) is 25.3 Å². The maximum absolute atomic E-state index is 12.1. The van der Waals surface area contributed by atoms with Gasteiger partial charge in [-0.1, -0.05) is 6.92 Å². The van der Waals surface area contributed by atoms with Crippen molar-refractivity contribution in [2.24, 2.45) is 0 Å². The van der Waals surface area contributed by atoms with Gasteiger partial charge in [-0.15, -0.1) is 0 Å². The Morgan fingerprint density at radius 3 is 2.46 bits per heavy atom. The third kappa shape index (κ3) is 6.58. The predicted octanol–water partition coefficient (Wildman–Crippen LogP) is 3.07. The first-order valence-electron chi connectivity index (χ1n) is 8.35. The van der Waals surface area contributed by atoms with Gasteiger partial charge in [0, 0.05) is 37.1 Å². The van der Waals surface area contributed by atoms with Crippen LogP contribution in [0.4, 0.5) is 10.5 Å². The number of rotatable bonds is 8. The molecule has 0 saturated carbocycles. The quantitative estimate of drug-likeness (QED) is 0.683. The minimum Gasteiger partial charge on any atom is -0.385 e. The lowest BCUT2D eigenvalue weighted by Gasteiger charge is -2.16. The van der Waals surface area contributed by atoms with Gasteiger partial charge in [0.2, 0.25) is 0 Å². The molecule has 0 aromatic heterocycles. The minimum absolute atomic E-state index is 0.0193. The largest absolute Gasteiger partial charge is 0.385 e. The van der Waals surface area contributed by atoms with Gasteiger partial charge in [-0.25, -0.2) is 4.79 Å². The van der Waals surface area contributed by atoms with Crippen LogP contribution in [-0.4, -0.2) is 37.7 Å². The first kappa shape index (κ1) is 20.0. The molecule has 0 aliphatic carbocycles. The molecule has 134 valence electrons. The number of hydrogen-bond donors (Lipinski definition) is 3. The summed E-state index contributed by atoms with van der Waals surface area (Å²) in [6, 6.07) is 5.13. The van der Waals surface area contributed by atoms with Crippen molar-refractivity contribution in [2.75, 3.05) is 19.0 Å². The number of amides is 3. The van der Waals surface area contributed by atoms with E-state index in [-0.39, 0.29) is 24.0 Å². The molecule has 1 aromatic carbocycles. The Hall–Kier alpha value is -2.08. The first-order valence-corrected chi connectivity index (χ1v) is 8.35. The molecule has 0 bridgehead atoms. The van der Waals surface area contributed by atoms with Gasteiger partial charge in [0.05, 0.1) is 0 Å². The van der Waals surface area contributed by atoms with E-state index in [4.69, 9.17) is 4.74 Å². The summed E-state index contributed by atoms with van der Waals surface area (Å²) in [5.74, 6) is -0.100. The van der Waals surface area contributed by atoms with E-state index in [0.29, 0.717) is 17.9 Å². The average molecular weight is 335 g/mol. The van der Waals surface area contributed by atoms with Crippen LogP contribution in [0, 0.1) is 6.92 Å². The number of methoxy groups -OCH3 is 1. The molecule has 1 rings (SSSR count). The van der Waals surface area contributed by atoms with Crippen molar-refractivity contribution in [3.05, 3.63) is 29.3 Å². The second kappa shape index (κ2) is 9.93. The molecule has 3 amide bonds. The second-order valence-corrected chi connectivity index (χ2v) is 6.09. The molecule has 0 radical (unpaired) electrons. The molecular formula is C18H29N3O3. The third-order valence-corrected chi connectivity index (χ3v) is 3.86. The van der Waals surface area contributed by atoms with Crippen molar-refractivity contribution in [1.29, 1.82) is 0 Å². The van der Waals surface area contributed by atoms with Crippen LogP contribution in [0.25, 0.3) is 0 Å². The molecule has 0 aliphatic heterocycles. The predicted molar refractivity (Wildman–Crippen MR) is 96.5 cm³/mol. The number of carbonyl (C=O) groups excluding carboxylic acids is 2. The molecule has 0 saturated heterocycles. The van der Waals surface area contributed by atoms with Crippen LogP contribution < -0.4 is 16.0 Å². The summed E-state index contributed by atoms with van der Waals surface area (Å²) in [4.78, 5) is 24.1. The van der Waals surface area contributed by atoms with Gasteiger partial charge in [-0.05, 0) is 57.4 Å². The Kier molecular flexibility index (Phi) is 8.26. The molecular weight excluding hydrogens is 306 g/mol. The molecule has 0 unspecified atom stereocenters. The van der Waals surface area contributed by atoms with Crippen LogP contribution in [0.3, 0.4) is 0 Å². The summed E-state index contributed by atoms with van der Waals surface area (Å²) in [5.41, 5.74) is 2.12. The maximum atomic E-state index is 12.1. The normalized spacial score (nSPS) is 13.0. The van der Waals surface area contributed by atoms with Crippen molar-refractivity contribution in [3.8, 4) is 0 Å². The van der Waals surface area contributed by atoms with E-state index in [9.17, 15) is 9.59 Å². The summed E-state index contributed by atoms with van der Waals surface area (Å²) in [6.45, 7) is 8.38. The molecule has 6 nitrogen and oxygen atoms in total. The number of ether oxygens (including phenoxy) is 1. The summed E-state index contributed by atoms with van der Waals surface area (Å²) in [6.07, 6.45) is 1.63. The molecule has 1 aromatic rings. The van der Waals surface area contributed by atoms with Crippen LogP contribution in [0.2, 0.25) is 0 Å². The van der Waals surface area contributed by atoms with E-state index < -0.39 is 0 Å². The number of nitrogens with one attached hydrogen (secondary N) is 3. The van der Waals surface area contributed by atoms with Gasteiger partial charge in [0.1, 0.15) is 0 Å². The van der Waals surface area contributed by atoms with Gasteiger partial charge < -0.3 is 20.7 Å². The number of anilines is 1. The standard InChI is InChI=1S/C18H29N3O3/c1-6-13(3)19-17(22)15-7-8-16(12(2)11-15)21-18(23)20-14(4)9-10-24-5/h7-8,11,13-14H,6,9-10H2,1-5H3,(H,19,22)(H2,20,21,23)/t13-,14+/m0/s1.